The fourth-order valence-electron chi connectivity index (χ4n) is 4.39. The Morgan fingerprint density at radius 2 is 1.15 bits per heavy atom. The first-order valence-electron chi connectivity index (χ1n) is 12.6. The van der Waals surface area contributed by atoms with Crippen molar-refractivity contribution in [1.29, 1.82) is 0 Å². The van der Waals surface area contributed by atoms with Crippen LogP contribution in [0.3, 0.4) is 0 Å². The number of esters is 4. The second-order valence-corrected chi connectivity index (χ2v) is 10.6. The molecule has 2 fully saturated rings. The van der Waals surface area contributed by atoms with Crippen LogP contribution in [-0.2, 0) is 52.3 Å². The molecular weight excluding hydrogens is 588 g/mol. The van der Waals surface area contributed by atoms with Gasteiger partial charge in [0.05, 0.1) is 9.98 Å². The maximum atomic E-state index is 12.1. The summed E-state index contributed by atoms with van der Waals surface area (Å²) < 4.78 is 39.0. The number of ether oxygens (including phenoxy) is 7. The Balaban J connectivity index is 2.54. The first-order chi connectivity index (χ1) is 19.1. The van der Waals surface area contributed by atoms with Crippen LogP contribution < -0.4 is 10.6 Å². The van der Waals surface area contributed by atoms with E-state index in [0.717, 1.165) is 27.7 Å². The molecule has 0 radical (unpaired) electrons. The zero-order chi connectivity index (χ0) is 31.0. The van der Waals surface area contributed by atoms with Crippen LogP contribution in [0, 0.1) is 0 Å². The molecule has 0 spiro atoms. The van der Waals surface area contributed by atoms with Gasteiger partial charge < -0.3 is 54.0 Å². The highest BCUT2D eigenvalue weighted by Crippen LogP contribution is 2.32. The van der Waals surface area contributed by atoms with E-state index in [9.17, 15) is 29.4 Å². The standard InChI is InChI=1S/C24H36N2O13S2/c1-9(40)25-17-19(31)20(15(37-23(17)32)7-33-11(3)27)39-24-18(26-10(2)41)22(36-14(6)30)21(35-13(5)29)16(38-24)8-34-12(4)28/h15-24,31-32H,7-8H2,1-6H3,(H,25,40)(H,26,41). The summed E-state index contributed by atoms with van der Waals surface area (Å²) >= 11 is 10.3. The SMILES string of the molecule is CC(=O)OCC1OC(O)C(NC(C)=S)C(O)C1OC1OC(COC(C)=O)C(OC(C)=O)C(OC(C)=O)C1NC(C)=S. The molecule has 41 heavy (non-hydrogen) atoms. The third-order valence-corrected chi connectivity index (χ3v) is 6.11. The smallest absolute Gasteiger partial charge is 0.303 e. The van der Waals surface area contributed by atoms with Gasteiger partial charge in [-0.15, -0.1) is 0 Å². The van der Waals surface area contributed by atoms with Crippen molar-refractivity contribution in [3.63, 3.8) is 0 Å². The highest BCUT2D eigenvalue weighted by molar-refractivity contribution is 7.80. The van der Waals surface area contributed by atoms with Gasteiger partial charge in [-0.05, 0) is 13.8 Å². The predicted molar refractivity (Wildman–Crippen MR) is 145 cm³/mol. The number of hydrogen-bond acceptors (Lipinski definition) is 15. The fraction of sp³-hybridized carbons (Fsp3) is 0.750. The van der Waals surface area contributed by atoms with Crippen LogP contribution in [0.5, 0.6) is 0 Å². The number of aliphatic hydroxyl groups excluding tert-OH is 2. The molecule has 232 valence electrons. The molecule has 10 unspecified atom stereocenters. The minimum Gasteiger partial charge on any atom is -0.463 e. The molecule has 2 aliphatic rings. The van der Waals surface area contributed by atoms with E-state index in [2.05, 4.69) is 10.6 Å². The van der Waals surface area contributed by atoms with Gasteiger partial charge in [-0.2, -0.15) is 0 Å². The summed E-state index contributed by atoms with van der Waals surface area (Å²) in [5, 5.41) is 27.4. The van der Waals surface area contributed by atoms with Crippen molar-refractivity contribution < 1.29 is 62.5 Å². The molecule has 17 heteroatoms. The average molecular weight is 625 g/mol. The predicted octanol–water partition coefficient (Wildman–Crippen LogP) is -1.22. The number of thiocarbonyl (C=S) groups is 2. The normalized spacial score (nSPS) is 33.1. The van der Waals surface area contributed by atoms with Gasteiger partial charge in [0.1, 0.15) is 49.7 Å². The van der Waals surface area contributed by atoms with Gasteiger partial charge in [0, 0.05) is 27.7 Å². The minimum atomic E-state index is -1.58. The van der Waals surface area contributed by atoms with Crippen molar-refractivity contribution in [3.05, 3.63) is 0 Å². The number of aliphatic hydroxyl groups is 2. The van der Waals surface area contributed by atoms with Gasteiger partial charge in [-0.25, -0.2) is 0 Å². The monoisotopic (exact) mass is 624 g/mol. The maximum Gasteiger partial charge on any atom is 0.303 e. The van der Waals surface area contributed by atoms with E-state index in [0.29, 0.717) is 0 Å². The highest BCUT2D eigenvalue weighted by Gasteiger charge is 2.54. The Labute approximate surface area is 247 Å². The molecule has 0 aromatic rings. The van der Waals surface area contributed by atoms with E-state index in [1.165, 1.54) is 13.8 Å². The molecule has 2 heterocycles. The van der Waals surface area contributed by atoms with Crippen molar-refractivity contribution in [1.82, 2.24) is 10.6 Å². The van der Waals surface area contributed by atoms with Crippen LogP contribution in [-0.4, -0.2) is 119 Å². The van der Waals surface area contributed by atoms with Gasteiger partial charge in [0.2, 0.25) is 0 Å². The largest absolute Gasteiger partial charge is 0.463 e. The minimum absolute atomic E-state index is 0.215. The molecule has 15 nitrogen and oxygen atoms in total. The van der Waals surface area contributed by atoms with Crippen molar-refractivity contribution in [2.45, 2.75) is 103 Å². The van der Waals surface area contributed by atoms with E-state index in [1.54, 1.807) is 0 Å². The lowest BCUT2D eigenvalue weighted by atomic mass is 9.94. The third kappa shape index (κ3) is 10.4. The molecule has 2 rings (SSSR count). The summed E-state index contributed by atoms with van der Waals surface area (Å²) in [6.07, 6.45) is -10.9. The Hall–Kier alpha value is -2.54. The van der Waals surface area contributed by atoms with Crippen LogP contribution in [0.25, 0.3) is 0 Å². The van der Waals surface area contributed by atoms with Gasteiger partial charge in [-0.3, -0.25) is 19.2 Å². The van der Waals surface area contributed by atoms with Crippen LogP contribution >= 0.6 is 24.4 Å². The van der Waals surface area contributed by atoms with Crippen molar-refractivity contribution in [2.24, 2.45) is 0 Å². The molecule has 0 aromatic heterocycles. The lowest BCUT2D eigenvalue weighted by molar-refractivity contribution is -0.328. The molecular formula is C24H36N2O13S2. The number of carbonyl (C=O) groups is 4. The second kappa shape index (κ2) is 15.6. The van der Waals surface area contributed by atoms with E-state index in [1.807, 2.05) is 0 Å². The van der Waals surface area contributed by atoms with Gasteiger partial charge >= 0.3 is 23.9 Å². The van der Waals surface area contributed by atoms with Crippen molar-refractivity contribution in [2.75, 3.05) is 13.2 Å². The van der Waals surface area contributed by atoms with Crippen LogP contribution in [0.15, 0.2) is 0 Å². The molecule has 0 aliphatic carbocycles. The Kier molecular flexibility index (Phi) is 13.2. The summed E-state index contributed by atoms with van der Waals surface area (Å²) in [4.78, 5) is 47.7. The van der Waals surface area contributed by atoms with Gasteiger partial charge in [0.15, 0.2) is 24.8 Å². The van der Waals surface area contributed by atoms with Crippen molar-refractivity contribution in [3.8, 4) is 0 Å². The topological polar surface area (TPSA) is 197 Å². The molecule has 4 N–H and O–H groups in total. The van der Waals surface area contributed by atoms with Crippen LogP contribution in [0.2, 0.25) is 0 Å². The number of nitrogens with one attached hydrogen (secondary N) is 2. The Bertz CT molecular complexity index is 997. The molecule has 0 saturated carbocycles. The first-order valence-corrected chi connectivity index (χ1v) is 13.4. The van der Waals surface area contributed by atoms with Gasteiger partial charge in [-0.1, -0.05) is 24.4 Å². The molecule has 10 atom stereocenters. The Morgan fingerprint density at radius 1 is 0.683 bits per heavy atom. The number of rotatable bonds is 10. The van der Waals surface area contributed by atoms with E-state index in [-0.39, 0.29) is 9.98 Å². The highest BCUT2D eigenvalue weighted by atomic mass is 32.1. The Morgan fingerprint density at radius 3 is 1.61 bits per heavy atom. The lowest BCUT2D eigenvalue weighted by Gasteiger charge is -2.48. The van der Waals surface area contributed by atoms with Gasteiger partial charge in [0.25, 0.3) is 0 Å². The van der Waals surface area contributed by atoms with E-state index in [4.69, 9.17) is 57.6 Å². The maximum absolute atomic E-state index is 12.1. The summed E-state index contributed by atoms with van der Waals surface area (Å²) in [5.41, 5.74) is 0. The molecule has 0 bridgehead atoms. The average Bonchev–Trinajstić information content (AvgIpc) is 2.83. The van der Waals surface area contributed by atoms with E-state index < -0.39 is 98.4 Å². The third-order valence-electron chi connectivity index (χ3n) is 5.88. The summed E-state index contributed by atoms with van der Waals surface area (Å²) in [5.74, 6) is -2.80. The summed E-state index contributed by atoms with van der Waals surface area (Å²) in [7, 11) is 0. The molecule has 0 amide bonds. The fourth-order valence-corrected chi connectivity index (χ4v) is 4.66. The second-order valence-electron chi connectivity index (χ2n) is 9.41. The summed E-state index contributed by atoms with van der Waals surface area (Å²) in [6.45, 7) is 6.80. The first kappa shape index (κ1) is 34.7. The lowest BCUT2D eigenvalue weighted by Crippen LogP contribution is -2.70. The summed E-state index contributed by atoms with van der Waals surface area (Å²) in [6, 6.07) is -2.30. The van der Waals surface area contributed by atoms with Crippen LogP contribution in [0.4, 0.5) is 0 Å². The quantitative estimate of drug-likeness (QED) is 0.128. The zero-order valence-corrected chi connectivity index (χ0v) is 25.0. The number of carbonyl (C=O) groups excluding carboxylic acids is 4. The molecule has 0 aromatic carbocycles. The van der Waals surface area contributed by atoms with Crippen molar-refractivity contribution >= 4 is 58.3 Å². The van der Waals surface area contributed by atoms with E-state index >= 15 is 0 Å². The number of hydrogen-bond donors (Lipinski definition) is 4. The molecule has 2 aliphatic heterocycles. The van der Waals surface area contributed by atoms with Crippen LogP contribution in [0.1, 0.15) is 41.5 Å². The zero-order valence-electron chi connectivity index (χ0n) is 23.4. The molecule has 2 saturated heterocycles.